The van der Waals surface area contributed by atoms with Crippen molar-refractivity contribution in [3.8, 4) is 22.8 Å². The van der Waals surface area contributed by atoms with E-state index < -0.39 is 11.4 Å². The highest BCUT2D eigenvalue weighted by Gasteiger charge is 2.36. The molecule has 1 N–H and O–H groups in total. The molecule has 0 spiro atoms. The van der Waals surface area contributed by atoms with Crippen molar-refractivity contribution in [3.05, 3.63) is 59.2 Å². The van der Waals surface area contributed by atoms with E-state index in [2.05, 4.69) is 66.1 Å². The minimum Gasteiger partial charge on any atom is -0.481 e. The third-order valence-corrected chi connectivity index (χ3v) is 7.12. The van der Waals surface area contributed by atoms with Gasteiger partial charge in [-0.15, -0.1) is 0 Å². The van der Waals surface area contributed by atoms with E-state index in [1.165, 1.54) is 16.7 Å². The van der Waals surface area contributed by atoms with Gasteiger partial charge in [0, 0.05) is 17.7 Å². The summed E-state index contributed by atoms with van der Waals surface area (Å²) in [5.74, 6) is 1.07. The summed E-state index contributed by atoms with van der Waals surface area (Å²) in [6.07, 6.45) is 4.60. The van der Waals surface area contributed by atoms with Gasteiger partial charge in [0.2, 0.25) is 5.82 Å². The van der Waals surface area contributed by atoms with Crippen molar-refractivity contribution in [2.24, 2.45) is 11.3 Å². The summed E-state index contributed by atoms with van der Waals surface area (Å²) in [4.78, 5) is 18.5. The topological polar surface area (TPSA) is 79.5 Å². The number of benzene rings is 2. The minimum atomic E-state index is -0.686. The van der Waals surface area contributed by atoms with Gasteiger partial charge in [-0.25, -0.2) is 0 Å². The van der Waals surface area contributed by atoms with Gasteiger partial charge in [0.05, 0.1) is 5.41 Å². The van der Waals surface area contributed by atoms with Crippen molar-refractivity contribution >= 4 is 5.97 Å². The Balaban J connectivity index is 1.43. The highest BCUT2D eigenvalue weighted by atomic mass is 16.5. The predicted molar refractivity (Wildman–Crippen MR) is 138 cm³/mol. The van der Waals surface area contributed by atoms with Gasteiger partial charge in [0.25, 0.3) is 5.89 Å². The summed E-state index contributed by atoms with van der Waals surface area (Å²) < 4.78 is 5.63. The lowest BCUT2D eigenvalue weighted by molar-refractivity contribution is -0.150. The van der Waals surface area contributed by atoms with Crippen molar-refractivity contribution in [3.63, 3.8) is 0 Å². The van der Waals surface area contributed by atoms with Gasteiger partial charge in [0.1, 0.15) is 0 Å². The first kappa shape index (κ1) is 25.1. The molecule has 0 radical (unpaired) electrons. The van der Waals surface area contributed by atoms with Crippen LogP contribution in [-0.2, 0) is 24.2 Å². The zero-order chi connectivity index (χ0) is 25.0. The number of aliphatic carboxylic acids is 1. The summed E-state index contributed by atoms with van der Waals surface area (Å²) in [5, 5.41) is 13.7. The van der Waals surface area contributed by atoms with E-state index in [0.717, 1.165) is 50.0 Å². The normalized spacial score (nSPS) is 16.0. The van der Waals surface area contributed by atoms with Gasteiger partial charge >= 0.3 is 5.97 Å². The summed E-state index contributed by atoms with van der Waals surface area (Å²) in [7, 11) is 0. The second-order valence-corrected chi connectivity index (χ2v) is 10.6. The molecule has 0 unspecified atom stereocenters. The maximum Gasteiger partial charge on any atom is 0.309 e. The molecule has 1 aliphatic heterocycles. The zero-order valence-electron chi connectivity index (χ0n) is 21.4. The van der Waals surface area contributed by atoms with E-state index in [9.17, 15) is 9.90 Å². The number of carboxylic acid groups (broad SMARTS) is 1. The van der Waals surface area contributed by atoms with Crippen LogP contribution in [0.3, 0.4) is 0 Å². The Morgan fingerprint density at radius 3 is 2.40 bits per heavy atom. The van der Waals surface area contributed by atoms with Crippen LogP contribution in [0.4, 0.5) is 0 Å². The molecule has 0 amide bonds. The van der Waals surface area contributed by atoms with Gasteiger partial charge in [0.15, 0.2) is 0 Å². The molecule has 2 heterocycles. The summed E-state index contributed by atoms with van der Waals surface area (Å²) in [6, 6.07) is 14.7. The summed E-state index contributed by atoms with van der Waals surface area (Å²) in [5.41, 5.74) is 5.26. The van der Waals surface area contributed by atoms with E-state index in [1.54, 1.807) is 0 Å². The first-order chi connectivity index (χ1) is 16.8. The van der Waals surface area contributed by atoms with Crippen molar-refractivity contribution in [1.29, 1.82) is 0 Å². The lowest BCUT2D eigenvalue weighted by Gasteiger charge is -2.36. The predicted octanol–water partition coefficient (Wildman–Crippen LogP) is 6.24. The highest BCUT2D eigenvalue weighted by molar-refractivity contribution is 5.74. The second kappa shape index (κ2) is 10.7. The molecule has 1 saturated heterocycles. The van der Waals surface area contributed by atoms with Crippen LogP contribution < -0.4 is 0 Å². The Morgan fingerprint density at radius 1 is 1.09 bits per heavy atom. The quantitative estimate of drug-likeness (QED) is 0.394. The van der Waals surface area contributed by atoms with Gasteiger partial charge in [-0.2, -0.15) is 4.98 Å². The lowest BCUT2D eigenvalue weighted by Crippen LogP contribution is -2.42. The van der Waals surface area contributed by atoms with E-state index in [4.69, 9.17) is 4.52 Å². The Morgan fingerprint density at radius 2 is 1.77 bits per heavy atom. The standard InChI is InChI=1S/C29H37N3O3/c1-5-6-23-18-25(12-11-24(23)17-20(2)3)27-30-26(31-35-27)22-9-7-21(8-10-22)19-32-15-13-29(4,14-16-32)28(33)34/h7-12,18,20H,5-6,13-17,19H2,1-4H3,(H,33,34). The molecule has 35 heavy (non-hydrogen) atoms. The van der Waals surface area contributed by atoms with Gasteiger partial charge in [-0.05, 0) is 80.4 Å². The third kappa shape index (κ3) is 5.99. The van der Waals surface area contributed by atoms with Crippen LogP contribution in [0.2, 0.25) is 0 Å². The number of hydrogen-bond acceptors (Lipinski definition) is 5. The van der Waals surface area contributed by atoms with Gasteiger partial charge in [-0.1, -0.05) is 62.7 Å². The fraction of sp³-hybridized carbons (Fsp3) is 0.483. The van der Waals surface area contributed by atoms with Crippen LogP contribution in [-0.4, -0.2) is 39.2 Å². The van der Waals surface area contributed by atoms with Crippen LogP contribution >= 0.6 is 0 Å². The molecule has 0 atom stereocenters. The molecule has 1 fully saturated rings. The number of likely N-dealkylation sites (tertiary alicyclic amines) is 1. The molecule has 0 saturated carbocycles. The SMILES string of the molecule is CCCc1cc(-c2nc(-c3ccc(CN4CCC(C)(C(=O)O)CC4)cc3)no2)ccc1CC(C)C. The fourth-order valence-electron chi connectivity index (χ4n) is 4.79. The van der Waals surface area contributed by atoms with E-state index in [1.807, 2.05) is 19.1 Å². The largest absolute Gasteiger partial charge is 0.481 e. The van der Waals surface area contributed by atoms with E-state index in [-0.39, 0.29) is 0 Å². The molecule has 186 valence electrons. The molecule has 4 rings (SSSR count). The van der Waals surface area contributed by atoms with Crippen LogP contribution in [0.1, 0.15) is 63.6 Å². The Labute approximate surface area is 208 Å². The van der Waals surface area contributed by atoms with Gasteiger partial charge in [-0.3, -0.25) is 9.69 Å². The monoisotopic (exact) mass is 475 g/mol. The van der Waals surface area contributed by atoms with Crippen molar-refractivity contribution in [2.45, 2.75) is 66.3 Å². The molecule has 0 bridgehead atoms. The van der Waals surface area contributed by atoms with Crippen molar-refractivity contribution in [1.82, 2.24) is 15.0 Å². The Hall–Kier alpha value is -2.99. The number of aryl methyl sites for hydroxylation is 1. The van der Waals surface area contributed by atoms with Crippen LogP contribution in [0.25, 0.3) is 22.8 Å². The number of nitrogens with zero attached hydrogens (tertiary/aromatic N) is 3. The number of hydrogen-bond donors (Lipinski definition) is 1. The zero-order valence-corrected chi connectivity index (χ0v) is 21.4. The maximum atomic E-state index is 11.5. The number of aromatic nitrogens is 2. The minimum absolute atomic E-state index is 0.548. The molecule has 2 aromatic carbocycles. The Kier molecular flexibility index (Phi) is 7.70. The van der Waals surface area contributed by atoms with Crippen LogP contribution in [0.15, 0.2) is 47.0 Å². The number of piperidine rings is 1. The molecule has 6 nitrogen and oxygen atoms in total. The molecular formula is C29H37N3O3. The molecule has 0 aliphatic carbocycles. The average Bonchev–Trinajstić information content (AvgIpc) is 3.32. The molecule has 6 heteroatoms. The molecule has 1 aromatic heterocycles. The van der Waals surface area contributed by atoms with Crippen LogP contribution in [0.5, 0.6) is 0 Å². The van der Waals surface area contributed by atoms with E-state index in [0.29, 0.717) is 30.5 Å². The van der Waals surface area contributed by atoms with Gasteiger partial charge < -0.3 is 9.63 Å². The first-order valence-corrected chi connectivity index (χ1v) is 12.8. The van der Waals surface area contributed by atoms with Crippen LogP contribution in [0, 0.1) is 11.3 Å². The maximum absolute atomic E-state index is 11.5. The number of rotatable bonds is 9. The fourth-order valence-corrected chi connectivity index (χ4v) is 4.79. The highest BCUT2D eigenvalue weighted by Crippen LogP contribution is 2.32. The molecular weight excluding hydrogens is 438 g/mol. The van der Waals surface area contributed by atoms with Crippen molar-refractivity contribution in [2.75, 3.05) is 13.1 Å². The number of carboxylic acids is 1. The Bertz CT molecular complexity index is 1140. The first-order valence-electron chi connectivity index (χ1n) is 12.8. The molecule has 1 aliphatic rings. The second-order valence-electron chi connectivity index (χ2n) is 10.6. The lowest BCUT2D eigenvalue weighted by atomic mass is 9.80. The average molecular weight is 476 g/mol. The number of carbonyl (C=O) groups is 1. The summed E-state index contributed by atoms with van der Waals surface area (Å²) in [6.45, 7) is 11.0. The van der Waals surface area contributed by atoms with Crippen molar-refractivity contribution < 1.29 is 14.4 Å². The smallest absolute Gasteiger partial charge is 0.309 e. The summed E-state index contributed by atoms with van der Waals surface area (Å²) >= 11 is 0. The van der Waals surface area contributed by atoms with E-state index >= 15 is 0 Å². The molecule has 3 aromatic rings. The third-order valence-electron chi connectivity index (χ3n) is 7.12.